The van der Waals surface area contributed by atoms with Crippen LogP contribution in [0, 0.1) is 6.92 Å². The van der Waals surface area contributed by atoms with Crippen molar-refractivity contribution in [2.24, 2.45) is 7.05 Å². The standard InChI is InChI=1S/C19H20N2O3/c1-13-4-3-5-15(10-13)12-20-18(22)9-7-14-6-8-17-16(11-14)21(2)19(23)24-17/h3-6,8,10-11H,7,9,12H2,1-2H3,(H,20,22). The summed E-state index contributed by atoms with van der Waals surface area (Å²) in [6.07, 6.45) is 1.03. The molecule has 1 N–H and O–H groups in total. The van der Waals surface area contributed by atoms with Gasteiger partial charge in [0.25, 0.3) is 0 Å². The highest BCUT2D eigenvalue weighted by Gasteiger charge is 2.08. The summed E-state index contributed by atoms with van der Waals surface area (Å²) < 4.78 is 6.57. The van der Waals surface area contributed by atoms with Crippen molar-refractivity contribution in [3.05, 3.63) is 69.7 Å². The van der Waals surface area contributed by atoms with Crippen molar-refractivity contribution in [2.45, 2.75) is 26.3 Å². The number of hydrogen-bond donors (Lipinski definition) is 1. The van der Waals surface area contributed by atoms with Crippen LogP contribution in [0.2, 0.25) is 0 Å². The zero-order valence-electron chi connectivity index (χ0n) is 13.8. The number of fused-ring (bicyclic) bond motifs is 1. The predicted octanol–water partition coefficient (Wildman–Crippen LogP) is 2.69. The molecule has 0 atom stereocenters. The molecule has 2 aromatic carbocycles. The molecule has 3 rings (SSSR count). The molecule has 1 amide bonds. The number of carbonyl (C=O) groups excluding carboxylic acids is 1. The first kappa shape index (κ1) is 16.1. The fourth-order valence-corrected chi connectivity index (χ4v) is 2.70. The Morgan fingerprint density at radius 1 is 1.17 bits per heavy atom. The quantitative estimate of drug-likeness (QED) is 0.785. The van der Waals surface area contributed by atoms with Gasteiger partial charge < -0.3 is 9.73 Å². The lowest BCUT2D eigenvalue weighted by Crippen LogP contribution is -2.23. The predicted molar refractivity (Wildman–Crippen MR) is 92.8 cm³/mol. The third kappa shape index (κ3) is 3.56. The first-order chi connectivity index (χ1) is 11.5. The van der Waals surface area contributed by atoms with Gasteiger partial charge in [0, 0.05) is 20.0 Å². The summed E-state index contributed by atoms with van der Waals surface area (Å²) in [4.78, 5) is 23.5. The average Bonchev–Trinajstić information content (AvgIpc) is 2.85. The van der Waals surface area contributed by atoms with Crippen LogP contribution in [0.4, 0.5) is 0 Å². The van der Waals surface area contributed by atoms with Crippen LogP contribution >= 0.6 is 0 Å². The first-order valence-corrected chi connectivity index (χ1v) is 7.93. The van der Waals surface area contributed by atoms with E-state index in [4.69, 9.17) is 4.42 Å². The van der Waals surface area contributed by atoms with E-state index in [9.17, 15) is 9.59 Å². The van der Waals surface area contributed by atoms with Gasteiger partial charge in [-0.05, 0) is 36.6 Å². The van der Waals surface area contributed by atoms with Gasteiger partial charge in [0.2, 0.25) is 5.91 Å². The van der Waals surface area contributed by atoms with Gasteiger partial charge in [0.1, 0.15) is 0 Å². The molecule has 0 saturated heterocycles. The topological polar surface area (TPSA) is 64.2 Å². The normalized spacial score (nSPS) is 10.9. The van der Waals surface area contributed by atoms with Gasteiger partial charge in [0.15, 0.2) is 5.58 Å². The lowest BCUT2D eigenvalue weighted by atomic mass is 10.1. The van der Waals surface area contributed by atoms with Gasteiger partial charge in [-0.15, -0.1) is 0 Å². The molecule has 3 aromatic rings. The number of benzene rings is 2. The molecule has 124 valence electrons. The molecule has 0 saturated carbocycles. The summed E-state index contributed by atoms with van der Waals surface area (Å²) in [7, 11) is 1.67. The summed E-state index contributed by atoms with van der Waals surface area (Å²) in [5.41, 5.74) is 4.59. The van der Waals surface area contributed by atoms with Crippen LogP contribution in [0.1, 0.15) is 23.1 Å². The van der Waals surface area contributed by atoms with Gasteiger partial charge in [-0.3, -0.25) is 9.36 Å². The maximum absolute atomic E-state index is 12.0. The smallest absolute Gasteiger partial charge is 0.408 e. The Morgan fingerprint density at radius 3 is 2.79 bits per heavy atom. The van der Waals surface area contributed by atoms with E-state index in [0.29, 0.717) is 25.0 Å². The van der Waals surface area contributed by atoms with Crippen molar-refractivity contribution >= 4 is 17.0 Å². The van der Waals surface area contributed by atoms with E-state index in [1.54, 1.807) is 13.1 Å². The van der Waals surface area contributed by atoms with Crippen molar-refractivity contribution < 1.29 is 9.21 Å². The molecule has 1 heterocycles. The average molecular weight is 324 g/mol. The van der Waals surface area contributed by atoms with Gasteiger partial charge in [-0.25, -0.2) is 4.79 Å². The number of oxazole rings is 1. The Labute approximate surface area is 139 Å². The van der Waals surface area contributed by atoms with Gasteiger partial charge in [-0.2, -0.15) is 0 Å². The SMILES string of the molecule is Cc1cccc(CNC(=O)CCc2ccc3oc(=O)n(C)c3c2)c1. The van der Waals surface area contributed by atoms with Crippen molar-refractivity contribution in [1.29, 1.82) is 0 Å². The number of aryl methyl sites for hydroxylation is 3. The zero-order chi connectivity index (χ0) is 17.1. The number of aromatic nitrogens is 1. The van der Waals surface area contributed by atoms with E-state index in [1.807, 2.05) is 37.3 Å². The molecule has 0 spiro atoms. The van der Waals surface area contributed by atoms with Crippen molar-refractivity contribution in [1.82, 2.24) is 9.88 Å². The van der Waals surface area contributed by atoms with E-state index in [-0.39, 0.29) is 11.7 Å². The fourth-order valence-electron chi connectivity index (χ4n) is 2.70. The second-order valence-electron chi connectivity index (χ2n) is 5.99. The van der Waals surface area contributed by atoms with Crippen molar-refractivity contribution in [2.75, 3.05) is 0 Å². The van der Waals surface area contributed by atoms with Crippen LogP contribution in [-0.2, 0) is 24.8 Å². The van der Waals surface area contributed by atoms with E-state index in [2.05, 4.69) is 11.4 Å². The minimum absolute atomic E-state index is 0.0117. The van der Waals surface area contributed by atoms with Crippen LogP contribution in [0.5, 0.6) is 0 Å². The highest BCUT2D eigenvalue weighted by molar-refractivity contribution is 5.77. The van der Waals surface area contributed by atoms with Crippen LogP contribution in [0.3, 0.4) is 0 Å². The summed E-state index contributed by atoms with van der Waals surface area (Å²) >= 11 is 0. The Kier molecular flexibility index (Phi) is 4.51. The van der Waals surface area contributed by atoms with E-state index < -0.39 is 0 Å². The molecule has 0 aliphatic rings. The van der Waals surface area contributed by atoms with E-state index >= 15 is 0 Å². The fraction of sp³-hybridized carbons (Fsp3) is 0.263. The summed E-state index contributed by atoms with van der Waals surface area (Å²) in [5, 5.41) is 2.94. The number of amides is 1. The highest BCUT2D eigenvalue weighted by atomic mass is 16.4. The molecule has 1 aromatic heterocycles. The molecule has 0 aliphatic carbocycles. The second-order valence-corrected chi connectivity index (χ2v) is 5.99. The van der Waals surface area contributed by atoms with Crippen LogP contribution < -0.4 is 11.1 Å². The largest absolute Gasteiger partial charge is 0.419 e. The molecule has 0 aliphatic heterocycles. The van der Waals surface area contributed by atoms with E-state index in [0.717, 1.165) is 16.6 Å². The van der Waals surface area contributed by atoms with Crippen LogP contribution in [-0.4, -0.2) is 10.5 Å². The highest BCUT2D eigenvalue weighted by Crippen LogP contribution is 2.15. The van der Waals surface area contributed by atoms with Crippen molar-refractivity contribution in [3.8, 4) is 0 Å². The molecule has 0 unspecified atom stereocenters. The number of carbonyl (C=O) groups is 1. The number of rotatable bonds is 5. The lowest BCUT2D eigenvalue weighted by Gasteiger charge is -2.06. The third-order valence-electron chi connectivity index (χ3n) is 4.07. The Balaban J connectivity index is 1.58. The van der Waals surface area contributed by atoms with Crippen LogP contribution in [0.15, 0.2) is 51.7 Å². The first-order valence-electron chi connectivity index (χ1n) is 7.93. The third-order valence-corrected chi connectivity index (χ3v) is 4.07. The summed E-state index contributed by atoms with van der Waals surface area (Å²) in [6, 6.07) is 13.6. The number of hydrogen-bond acceptors (Lipinski definition) is 3. The minimum atomic E-state index is -0.377. The molecule has 0 fully saturated rings. The monoisotopic (exact) mass is 324 g/mol. The molecule has 5 nitrogen and oxygen atoms in total. The van der Waals surface area contributed by atoms with Gasteiger partial charge in [0.05, 0.1) is 5.52 Å². The second kappa shape index (κ2) is 6.74. The van der Waals surface area contributed by atoms with Gasteiger partial charge >= 0.3 is 5.76 Å². The Hall–Kier alpha value is -2.82. The molecule has 24 heavy (non-hydrogen) atoms. The molecule has 0 radical (unpaired) electrons. The molecule has 5 heteroatoms. The van der Waals surface area contributed by atoms with Crippen molar-refractivity contribution in [3.63, 3.8) is 0 Å². The summed E-state index contributed by atoms with van der Waals surface area (Å²) in [6.45, 7) is 2.57. The Morgan fingerprint density at radius 2 is 2.00 bits per heavy atom. The number of nitrogens with zero attached hydrogens (tertiary/aromatic N) is 1. The lowest BCUT2D eigenvalue weighted by molar-refractivity contribution is -0.121. The minimum Gasteiger partial charge on any atom is -0.408 e. The Bertz CT molecular complexity index is 937. The van der Waals surface area contributed by atoms with E-state index in [1.165, 1.54) is 10.1 Å². The molecular weight excluding hydrogens is 304 g/mol. The zero-order valence-corrected chi connectivity index (χ0v) is 13.8. The maximum Gasteiger partial charge on any atom is 0.419 e. The molecule has 0 bridgehead atoms. The molecular formula is C19H20N2O3. The van der Waals surface area contributed by atoms with Crippen LogP contribution in [0.25, 0.3) is 11.1 Å². The maximum atomic E-state index is 12.0. The summed E-state index contributed by atoms with van der Waals surface area (Å²) in [5.74, 6) is -0.365. The number of nitrogens with one attached hydrogen (secondary N) is 1. The van der Waals surface area contributed by atoms with Gasteiger partial charge in [-0.1, -0.05) is 35.9 Å².